The molecule has 3 nitrogen and oxygen atoms in total. The van der Waals surface area contributed by atoms with Crippen LogP contribution in [0.1, 0.15) is 52.9 Å². The lowest BCUT2D eigenvalue weighted by Crippen LogP contribution is -2.39. The Morgan fingerprint density at radius 3 is 2.76 bits per heavy atom. The molecule has 0 bridgehead atoms. The number of amides is 1. The van der Waals surface area contributed by atoms with Crippen LogP contribution in [-0.4, -0.2) is 36.5 Å². The Morgan fingerprint density at radius 2 is 2.18 bits per heavy atom. The van der Waals surface area contributed by atoms with E-state index in [1.54, 1.807) is 0 Å². The molecular weight excluding hydrogens is 212 g/mol. The van der Waals surface area contributed by atoms with E-state index in [1.807, 2.05) is 0 Å². The van der Waals surface area contributed by atoms with E-state index in [-0.39, 0.29) is 6.04 Å². The fourth-order valence-corrected chi connectivity index (χ4v) is 2.59. The lowest BCUT2D eigenvalue weighted by molar-refractivity contribution is -0.130. The van der Waals surface area contributed by atoms with Crippen LogP contribution in [-0.2, 0) is 4.79 Å². The third-order valence-electron chi connectivity index (χ3n) is 3.77. The smallest absolute Gasteiger partial charge is 0.239 e. The van der Waals surface area contributed by atoms with Crippen LogP contribution in [0.4, 0.5) is 0 Å². The summed E-state index contributed by atoms with van der Waals surface area (Å²) in [6.07, 6.45) is 5.98. The van der Waals surface area contributed by atoms with Crippen molar-refractivity contribution in [3.63, 3.8) is 0 Å². The van der Waals surface area contributed by atoms with Crippen molar-refractivity contribution >= 4 is 5.91 Å². The summed E-state index contributed by atoms with van der Waals surface area (Å²) in [4.78, 5) is 14.2. The van der Waals surface area contributed by atoms with Crippen LogP contribution in [0.2, 0.25) is 0 Å². The third-order valence-corrected chi connectivity index (χ3v) is 3.77. The van der Waals surface area contributed by atoms with E-state index in [1.165, 1.54) is 25.7 Å². The summed E-state index contributed by atoms with van der Waals surface area (Å²) in [7, 11) is 0. The summed E-state index contributed by atoms with van der Waals surface area (Å²) in [6.45, 7) is 9.33. The molecule has 17 heavy (non-hydrogen) atoms. The second kappa shape index (κ2) is 7.70. The molecular formula is C14H28N2O. The molecule has 0 radical (unpaired) electrons. The molecule has 1 aliphatic heterocycles. The average molecular weight is 240 g/mol. The standard InChI is InChI=1S/C14H28N2O/c1-4-7-8-12(5-2)11-16-10-9-13(14(16)17)15-6-3/h12-13,15H,4-11H2,1-3H3. The highest BCUT2D eigenvalue weighted by Gasteiger charge is 2.31. The monoisotopic (exact) mass is 240 g/mol. The molecule has 2 atom stereocenters. The minimum Gasteiger partial charge on any atom is -0.341 e. The highest BCUT2D eigenvalue weighted by atomic mass is 16.2. The number of likely N-dealkylation sites (N-methyl/N-ethyl adjacent to an activating group) is 1. The van der Waals surface area contributed by atoms with E-state index in [0.29, 0.717) is 11.8 Å². The molecule has 1 heterocycles. The van der Waals surface area contributed by atoms with E-state index in [2.05, 4.69) is 31.0 Å². The molecule has 0 saturated carbocycles. The van der Waals surface area contributed by atoms with Crippen molar-refractivity contribution in [1.29, 1.82) is 0 Å². The number of nitrogens with one attached hydrogen (secondary N) is 1. The van der Waals surface area contributed by atoms with E-state index in [0.717, 1.165) is 26.1 Å². The topological polar surface area (TPSA) is 32.3 Å². The normalized spacial score (nSPS) is 22.2. The molecule has 1 aliphatic rings. The Morgan fingerprint density at radius 1 is 1.41 bits per heavy atom. The zero-order valence-electron chi connectivity index (χ0n) is 11.7. The maximum atomic E-state index is 12.1. The van der Waals surface area contributed by atoms with Gasteiger partial charge in [-0.1, -0.05) is 40.0 Å². The predicted octanol–water partition coefficient (Wildman–Crippen LogP) is 2.41. The molecule has 2 unspecified atom stereocenters. The Kier molecular flexibility index (Phi) is 6.56. The van der Waals surface area contributed by atoms with Crippen LogP contribution in [0.3, 0.4) is 0 Å². The van der Waals surface area contributed by atoms with Gasteiger partial charge in [0.1, 0.15) is 0 Å². The molecule has 1 rings (SSSR count). The van der Waals surface area contributed by atoms with Gasteiger partial charge in [-0.15, -0.1) is 0 Å². The van der Waals surface area contributed by atoms with Crippen molar-refractivity contribution in [1.82, 2.24) is 10.2 Å². The lowest BCUT2D eigenvalue weighted by Gasteiger charge is -2.23. The molecule has 0 aromatic heterocycles. The molecule has 0 aromatic rings. The SMILES string of the molecule is CCCCC(CC)CN1CCC(NCC)C1=O. The second-order valence-corrected chi connectivity index (χ2v) is 5.10. The van der Waals surface area contributed by atoms with E-state index in [9.17, 15) is 4.79 Å². The van der Waals surface area contributed by atoms with Gasteiger partial charge in [-0.2, -0.15) is 0 Å². The van der Waals surface area contributed by atoms with Crippen molar-refractivity contribution in [3.05, 3.63) is 0 Å². The maximum Gasteiger partial charge on any atom is 0.239 e. The molecule has 1 N–H and O–H groups in total. The lowest BCUT2D eigenvalue weighted by atomic mass is 9.99. The molecule has 1 fully saturated rings. The largest absolute Gasteiger partial charge is 0.341 e. The molecule has 1 amide bonds. The van der Waals surface area contributed by atoms with Gasteiger partial charge in [-0.05, 0) is 25.3 Å². The fourth-order valence-electron chi connectivity index (χ4n) is 2.59. The first-order valence-electron chi connectivity index (χ1n) is 7.25. The summed E-state index contributed by atoms with van der Waals surface area (Å²) in [5.41, 5.74) is 0. The highest BCUT2D eigenvalue weighted by Crippen LogP contribution is 2.18. The third kappa shape index (κ3) is 4.30. The summed E-state index contributed by atoms with van der Waals surface area (Å²) >= 11 is 0. The van der Waals surface area contributed by atoms with Gasteiger partial charge in [0, 0.05) is 13.1 Å². The number of unbranched alkanes of at least 4 members (excludes halogenated alkanes) is 1. The molecule has 0 spiro atoms. The number of nitrogens with zero attached hydrogens (tertiary/aromatic N) is 1. The second-order valence-electron chi connectivity index (χ2n) is 5.10. The number of hydrogen-bond donors (Lipinski definition) is 1. The van der Waals surface area contributed by atoms with E-state index >= 15 is 0 Å². The van der Waals surface area contributed by atoms with Crippen LogP contribution in [0.15, 0.2) is 0 Å². The summed E-state index contributed by atoms with van der Waals surface area (Å²) in [6, 6.07) is 0.0867. The quantitative estimate of drug-likeness (QED) is 0.706. The minimum atomic E-state index is 0.0867. The fraction of sp³-hybridized carbons (Fsp3) is 0.929. The summed E-state index contributed by atoms with van der Waals surface area (Å²) in [5.74, 6) is 1.01. The number of rotatable bonds is 8. The predicted molar refractivity (Wildman–Crippen MR) is 72.0 cm³/mol. The number of carbonyl (C=O) groups is 1. The first kappa shape index (κ1) is 14.5. The van der Waals surface area contributed by atoms with Gasteiger partial charge in [0.05, 0.1) is 6.04 Å². The van der Waals surface area contributed by atoms with Gasteiger partial charge < -0.3 is 10.2 Å². The van der Waals surface area contributed by atoms with Gasteiger partial charge in [0.2, 0.25) is 5.91 Å². The maximum absolute atomic E-state index is 12.1. The Balaban J connectivity index is 2.38. The van der Waals surface area contributed by atoms with Crippen molar-refractivity contribution in [3.8, 4) is 0 Å². The summed E-state index contributed by atoms with van der Waals surface area (Å²) < 4.78 is 0. The van der Waals surface area contributed by atoms with Gasteiger partial charge in [-0.3, -0.25) is 4.79 Å². The van der Waals surface area contributed by atoms with Gasteiger partial charge >= 0.3 is 0 Å². The number of likely N-dealkylation sites (tertiary alicyclic amines) is 1. The molecule has 0 aromatic carbocycles. The molecule has 1 saturated heterocycles. The Labute approximate surface area is 106 Å². The molecule has 100 valence electrons. The zero-order chi connectivity index (χ0) is 12.7. The Hall–Kier alpha value is -0.570. The van der Waals surface area contributed by atoms with Crippen LogP contribution < -0.4 is 5.32 Å². The van der Waals surface area contributed by atoms with Gasteiger partial charge in [0.25, 0.3) is 0 Å². The van der Waals surface area contributed by atoms with Crippen molar-refractivity contribution < 1.29 is 4.79 Å². The zero-order valence-corrected chi connectivity index (χ0v) is 11.7. The van der Waals surface area contributed by atoms with Gasteiger partial charge in [0.15, 0.2) is 0 Å². The number of carbonyl (C=O) groups excluding carboxylic acids is 1. The van der Waals surface area contributed by atoms with Crippen molar-refractivity contribution in [2.24, 2.45) is 5.92 Å². The van der Waals surface area contributed by atoms with E-state index in [4.69, 9.17) is 0 Å². The van der Waals surface area contributed by atoms with Crippen LogP contribution >= 0.6 is 0 Å². The highest BCUT2D eigenvalue weighted by molar-refractivity contribution is 5.83. The van der Waals surface area contributed by atoms with Crippen LogP contribution in [0.25, 0.3) is 0 Å². The first-order valence-corrected chi connectivity index (χ1v) is 7.25. The van der Waals surface area contributed by atoms with Crippen molar-refractivity contribution in [2.75, 3.05) is 19.6 Å². The van der Waals surface area contributed by atoms with Crippen molar-refractivity contribution in [2.45, 2.75) is 58.9 Å². The summed E-state index contributed by atoms with van der Waals surface area (Å²) in [5, 5.41) is 3.27. The number of hydrogen-bond acceptors (Lipinski definition) is 2. The van der Waals surface area contributed by atoms with Crippen LogP contribution in [0, 0.1) is 5.92 Å². The Bertz CT molecular complexity index is 230. The minimum absolute atomic E-state index is 0.0867. The molecule has 0 aliphatic carbocycles. The first-order chi connectivity index (χ1) is 8.22. The van der Waals surface area contributed by atoms with E-state index < -0.39 is 0 Å². The molecule has 3 heteroatoms. The van der Waals surface area contributed by atoms with Gasteiger partial charge in [-0.25, -0.2) is 0 Å². The average Bonchev–Trinajstić information content (AvgIpc) is 2.67. The van der Waals surface area contributed by atoms with Crippen LogP contribution in [0.5, 0.6) is 0 Å².